The molecule has 0 amide bonds. The fraction of sp³-hybridized carbons (Fsp3) is 0.702. The number of hydrogen-bond acceptors (Lipinski definition) is 7. The normalized spacial score (nSPS) is 11.9. The third-order valence-corrected chi connectivity index (χ3v) is 4.58. The highest BCUT2D eigenvalue weighted by Gasteiger charge is 1.96. The molecule has 5 heterocycles. The van der Waals surface area contributed by atoms with Crippen molar-refractivity contribution in [2.75, 3.05) is 26.4 Å². The van der Waals surface area contributed by atoms with Crippen molar-refractivity contribution in [3.63, 3.8) is 0 Å². The molecule has 2 aliphatic heterocycles. The van der Waals surface area contributed by atoms with Crippen LogP contribution in [0.1, 0.15) is 197 Å². The first-order valence-electron chi connectivity index (χ1n) is 24.8. The van der Waals surface area contributed by atoms with E-state index < -0.39 is 0 Å². The Balaban J connectivity index is -0.000000110. The number of nitrogens with zero attached hydrogens (tertiary/aromatic N) is 3. The van der Waals surface area contributed by atoms with Crippen LogP contribution < -0.4 is 0 Å². The molecule has 378 valence electrons. The summed E-state index contributed by atoms with van der Waals surface area (Å²) in [5.41, 5.74) is 0. The van der Waals surface area contributed by atoms with E-state index in [1.165, 1.54) is 70.3 Å². The van der Waals surface area contributed by atoms with Gasteiger partial charge in [0.2, 0.25) is 0 Å². The van der Waals surface area contributed by atoms with E-state index >= 15 is 0 Å². The Morgan fingerprint density at radius 1 is 0.297 bits per heavy atom. The van der Waals surface area contributed by atoms with Crippen LogP contribution in [0, 0.1) is 41.4 Å². The standard InChI is InChI=1S/C6H6.C5H5N.C5H10.C4H8O.7C4H10.2C3H3NO.C3H6O/c2*1-2-4-6-5-3-1;2*1-2-4-5-3-1;7*1-4(2)3;1-2-5-3-4-1;1-2-4-5-3-1;1-2-4-3-1/h1-6H;1-5H;1-5H2;1-4H2;7*4H,1-3H3;2*1-3H;1-3H2. The van der Waals surface area contributed by atoms with Crippen LogP contribution in [0.4, 0.5) is 0 Å². The second kappa shape index (κ2) is 71.3. The Morgan fingerprint density at radius 2 is 0.594 bits per heavy atom. The van der Waals surface area contributed by atoms with Gasteiger partial charge in [-0.15, -0.1) is 0 Å². The minimum absolute atomic E-state index is 0.833. The second-order valence-corrected chi connectivity index (χ2v) is 19.7. The minimum atomic E-state index is 0.833. The molecule has 0 atom stereocenters. The van der Waals surface area contributed by atoms with Crippen molar-refractivity contribution in [2.24, 2.45) is 41.4 Å². The molecule has 0 N–H and O–H groups in total. The molecule has 64 heavy (non-hydrogen) atoms. The van der Waals surface area contributed by atoms with Gasteiger partial charge in [-0.05, 0) is 78.9 Å². The molecule has 1 aromatic carbocycles. The van der Waals surface area contributed by atoms with E-state index in [-0.39, 0.29) is 0 Å². The van der Waals surface area contributed by atoms with Gasteiger partial charge in [-0.1, -0.05) is 225 Å². The Morgan fingerprint density at radius 3 is 0.688 bits per heavy atom. The molecule has 0 bridgehead atoms. The highest BCUT2D eigenvalue weighted by Crippen LogP contribution is 2.15. The van der Waals surface area contributed by atoms with E-state index in [0.29, 0.717) is 0 Å². The summed E-state index contributed by atoms with van der Waals surface area (Å²) in [7, 11) is 0. The average molecular weight is 903 g/mol. The molecule has 0 radical (unpaired) electrons. The molecule has 3 aromatic heterocycles. The van der Waals surface area contributed by atoms with E-state index in [0.717, 1.165) is 67.9 Å². The third-order valence-electron chi connectivity index (χ3n) is 4.58. The van der Waals surface area contributed by atoms with E-state index in [1.54, 1.807) is 30.9 Å². The molecule has 1 saturated carbocycles. The number of ether oxygens (including phenoxy) is 2. The number of hydrogen-bond donors (Lipinski definition) is 0. The van der Waals surface area contributed by atoms with Crippen molar-refractivity contribution in [1.82, 2.24) is 15.1 Å². The summed E-state index contributed by atoms with van der Waals surface area (Å²) in [5, 5.41) is 3.35. The predicted octanol–water partition coefficient (Wildman–Crippen LogP) is 18.9. The summed E-state index contributed by atoms with van der Waals surface area (Å²) in [4.78, 5) is 7.34. The van der Waals surface area contributed by atoms with Gasteiger partial charge in [-0.25, -0.2) is 4.98 Å². The number of rotatable bonds is 0. The molecule has 3 aliphatic rings. The predicted molar refractivity (Wildman–Crippen MR) is 286 cm³/mol. The highest BCUT2D eigenvalue weighted by molar-refractivity contribution is 4.99. The van der Waals surface area contributed by atoms with Crippen LogP contribution in [0.3, 0.4) is 0 Å². The molecule has 0 unspecified atom stereocenters. The zero-order valence-electron chi connectivity index (χ0n) is 46.3. The van der Waals surface area contributed by atoms with Crippen molar-refractivity contribution in [2.45, 2.75) is 197 Å². The Hall–Kier alpha value is -3.29. The van der Waals surface area contributed by atoms with Crippen molar-refractivity contribution < 1.29 is 18.4 Å². The third kappa shape index (κ3) is 183. The van der Waals surface area contributed by atoms with Crippen LogP contribution in [0.15, 0.2) is 113 Å². The summed E-state index contributed by atoms with van der Waals surface area (Å²) in [6.07, 6.45) is 22.4. The van der Waals surface area contributed by atoms with Crippen LogP contribution >= 0.6 is 0 Å². The maximum Gasteiger partial charge on any atom is 0.180 e. The van der Waals surface area contributed by atoms with E-state index in [9.17, 15) is 0 Å². The zero-order valence-corrected chi connectivity index (χ0v) is 46.3. The minimum Gasteiger partial charge on any atom is -0.452 e. The first-order valence-corrected chi connectivity index (χ1v) is 24.8. The number of benzene rings is 1. The Labute approximate surface area is 401 Å². The van der Waals surface area contributed by atoms with Crippen molar-refractivity contribution in [3.8, 4) is 0 Å². The second-order valence-electron chi connectivity index (χ2n) is 19.7. The fourth-order valence-electron chi connectivity index (χ4n) is 2.59. The lowest BCUT2D eigenvalue weighted by atomic mass is 10.3. The van der Waals surface area contributed by atoms with Gasteiger partial charge in [0, 0.05) is 38.8 Å². The molecule has 0 spiro atoms. The molecule has 1 aliphatic carbocycles. The monoisotopic (exact) mass is 902 g/mol. The number of pyridine rings is 1. The molecular formula is C57H111N3O4. The summed E-state index contributed by atoms with van der Waals surface area (Å²) in [5.74, 6) is 5.83. The van der Waals surface area contributed by atoms with Crippen LogP contribution in [-0.2, 0) is 9.47 Å². The lowest BCUT2D eigenvalue weighted by Crippen LogP contribution is -2.09. The summed E-state index contributed by atoms with van der Waals surface area (Å²) in [6.45, 7) is 49.5. The SMILES string of the molecule is C1CCCC1.C1CCOC1.C1COC1.CC(C)C.CC(C)C.CC(C)C.CC(C)C.CC(C)C.CC(C)C.CC(C)C.c1ccccc1.c1ccncc1.c1cnoc1.c1cocn1. The van der Waals surface area contributed by atoms with Crippen LogP contribution in [0.25, 0.3) is 0 Å². The van der Waals surface area contributed by atoms with Gasteiger partial charge in [-0.2, -0.15) is 0 Å². The van der Waals surface area contributed by atoms with Crippen LogP contribution in [-0.4, -0.2) is 41.6 Å². The van der Waals surface area contributed by atoms with Crippen molar-refractivity contribution >= 4 is 0 Å². The molecular weight excluding hydrogens is 791 g/mol. The maximum absolute atomic E-state index is 4.94. The average Bonchev–Trinajstić information content (AvgIpc) is 4.03. The summed E-state index contributed by atoms with van der Waals surface area (Å²) >= 11 is 0. The van der Waals surface area contributed by atoms with Gasteiger partial charge < -0.3 is 18.4 Å². The highest BCUT2D eigenvalue weighted by atomic mass is 16.5. The first kappa shape index (κ1) is 75.0. The van der Waals surface area contributed by atoms with E-state index in [1.807, 2.05) is 54.6 Å². The van der Waals surface area contributed by atoms with Gasteiger partial charge in [-0.3, -0.25) is 4.98 Å². The number of oxazole rings is 1. The van der Waals surface area contributed by atoms with Gasteiger partial charge in [0.05, 0.1) is 12.4 Å². The quantitative estimate of drug-likeness (QED) is 0.174. The van der Waals surface area contributed by atoms with Crippen molar-refractivity contribution in [1.29, 1.82) is 0 Å². The number of aromatic nitrogens is 3. The van der Waals surface area contributed by atoms with Gasteiger partial charge in [0.1, 0.15) is 12.5 Å². The topological polar surface area (TPSA) is 83.4 Å². The van der Waals surface area contributed by atoms with Gasteiger partial charge in [0.15, 0.2) is 6.39 Å². The smallest absolute Gasteiger partial charge is 0.180 e. The van der Waals surface area contributed by atoms with E-state index in [2.05, 4.69) is 169 Å². The zero-order chi connectivity index (χ0) is 50.5. The van der Waals surface area contributed by atoms with Crippen LogP contribution in [0.5, 0.6) is 0 Å². The lowest BCUT2D eigenvalue weighted by Gasteiger charge is -2.09. The van der Waals surface area contributed by atoms with Gasteiger partial charge in [0.25, 0.3) is 0 Å². The Kier molecular flexibility index (Phi) is 83.6. The van der Waals surface area contributed by atoms with Crippen LogP contribution in [0.2, 0.25) is 0 Å². The fourth-order valence-corrected chi connectivity index (χ4v) is 2.59. The summed E-state index contributed by atoms with van der Waals surface area (Å²) in [6, 6.07) is 19.4. The molecule has 4 aromatic rings. The molecule has 7 rings (SSSR count). The molecule has 2 saturated heterocycles. The lowest BCUT2D eigenvalue weighted by molar-refractivity contribution is 0.0367. The van der Waals surface area contributed by atoms with Gasteiger partial charge >= 0.3 is 0 Å². The molecule has 7 nitrogen and oxygen atoms in total. The summed E-state index contributed by atoms with van der Waals surface area (Å²) < 4.78 is 18.5. The molecule has 3 fully saturated rings. The van der Waals surface area contributed by atoms with Crippen molar-refractivity contribution in [3.05, 3.63) is 104 Å². The van der Waals surface area contributed by atoms with E-state index in [4.69, 9.17) is 9.47 Å². The largest absolute Gasteiger partial charge is 0.452 e. The Bertz CT molecular complexity index is 871. The maximum atomic E-state index is 4.94. The first-order chi connectivity index (χ1) is 30.1. The molecule has 7 heteroatoms.